The van der Waals surface area contributed by atoms with E-state index in [-0.39, 0.29) is 24.4 Å². The first kappa shape index (κ1) is 18.4. The second-order valence-corrected chi connectivity index (χ2v) is 5.55. The fraction of sp³-hybridized carbons (Fsp3) is 0.500. The smallest absolute Gasteiger partial charge is 0.220 e. The van der Waals surface area contributed by atoms with Crippen molar-refractivity contribution in [3.63, 3.8) is 0 Å². The summed E-state index contributed by atoms with van der Waals surface area (Å²) in [6.07, 6.45) is 2.10. The highest BCUT2D eigenvalue weighted by atomic mass is 35.5. The Hall–Kier alpha value is -0.680. The molecule has 2 N–H and O–H groups in total. The van der Waals surface area contributed by atoms with E-state index in [2.05, 4.69) is 10.6 Å². The van der Waals surface area contributed by atoms with E-state index in [1.165, 1.54) is 0 Å². The van der Waals surface area contributed by atoms with Crippen LogP contribution >= 0.6 is 35.6 Å². The summed E-state index contributed by atoms with van der Waals surface area (Å²) in [5.41, 5.74) is 0. The first-order valence-electron chi connectivity index (χ1n) is 6.73. The van der Waals surface area contributed by atoms with Crippen molar-refractivity contribution >= 4 is 41.5 Å². The number of rotatable bonds is 6. The molecule has 0 saturated carbocycles. The SMILES string of the molecule is Cl.O=C(CCCOc1cccc(Cl)c1Cl)NC1CCNC1. The quantitative estimate of drug-likeness (QED) is 0.773. The molecular formula is C14H19Cl3N2O2. The molecule has 0 aliphatic carbocycles. The highest BCUT2D eigenvalue weighted by molar-refractivity contribution is 6.42. The molecular weight excluding hydrogens is 335 g/mol. The van der Waals surface area contributed by atoms with Crippen LogP contribution in [0.2, 0.25) is 10.0 Å². The standard InChI is InChI=1S/C14H18Cl2N2O2.ClH/c15-11-3-1-4-12(14(11)16)20-8-2-5-13(19)18-10-6-7-17-9-10;/h1,3-4,10,17H,2,5-9H2,(H,18,19);1H. The van der Waals surface area contributed by atoms with Crippen LogP contribution in [-0.4, -0.2) is 31.6 Å². The maximum absolute atomic E-state index is 11.7. The third-order valence-electron chi connectivity index (χ3n) is 3.15. The van der Waals surface area contributed by atoms with Crippen molar-refractivity contribution in [3.8, 4) is 5.75 Å². The van der Waals surface area contributed by atoms with E-state index in [4.69, 9.17) is 27.9 Å². The average molecular weight is 354 g/mol. The number of carbonyl (C=O) groups is 1. The third-order valence-corrected chi connectivity index (χ3v) is 3.95. The van der Waals surface area contributed by atoms with Crippen molar-refractivity contribution in [2.75, 3.05) is 19.7 Å². The lowest BCUT2D eigenvalue weighted by atomic mass is 10.2. The van der Waals surface area contributed by atoms with Crippen molar-refractivity contribution in [2.24, 2.45) is 0 Å². The van der Waals surface area contributed by atoms with Crippen molar-refractivity contribution in [1.29, 1.82) is 0 Å². The normalized spacial score (nSPS) is 17.1. The Bertz CT molecular complexity index is 466. The molecule has 0 aromatic heterocycles. The van der Waals surface area contributed by atoms with Gasteiger partial charge in [0.1, 0.15) is 10.8 Å². The van der Waals surface area contributed by atoms with Gasteiger partial charge < -0.3 is 15.4 Å². The van der Waals surface area contributed by atoms with Crippen LogP contribution in [0.15, 0.2) is 18.2 Å². The van der Waals surface area contributed by atoms with E-state index in [0.29, 0.717) is 35.2 Å². The maximum atomic E-state index is 11.7. The van der Waals surface area contributed by atoms with Gasteiger partial charge in [-0.2, -0.15) is 0 Å². The first-order chi connectivity index (χ1) is 9.66. The first-order valence-corrected chi connectivity index (χ1v) is 7.49. The molecule has 1 fully saturated rings. The topological polar surface area (TPSA) is 50.4 Å². The average Bonchev–Trinajstić information content (AvgIpc) is 2.92. The van der Waals surface area contributed by atoms with Crippen LogP contribution in [0.25, 0.3) is 0 Å². The summed E-state index contributed by atoms with van der Waals surface area (Å²) < 4.78 is 5.53. The molecule has 1 aromatic rings. The van der Waals surface area contributed by atoms with Crippen molar-refractivity contribution in [1.82, 2.24) is 10.6 Å². The van der Waals surface area contributed by atoms with Gasteiger partial charge in [-0.25, -0.2) is 0 Å². The van der Waals surface area contributed by atoms with Crippen molar-refractivity contribution < 1.29 is 9.53 Å². The number of halogens is 3. The van der Waals surface area contributed by atoms with E-state index in [1.54, 1.807) is 18.2 Å². The fourth-order valence-electron chi connectivity index (χ4n) is 2.09. The van der Waals surface area contributed by atoms with E-state index < -0.39 is 0 Å². The molecule has 1 amide bonds. The number of ether oxygens (including phenoxy) is 1. The maximum Gasteiger partial charge on any atom is 0.220 e. The summed E-state index contributed by atoms with van der Waals surface area (Å²) in [6.45, 7) is 2.28. The summed E-state index contributed by atoms with van der Waals surface area (Å²) >= 11 is 11.9. The Morgan fingerprint density at radius 2 is 2.24 bits per heavy atom. The molecule has 1 saturated heterocycles. The molecule has 118 valence electrons. The predicted octanol–water partition coefficient (Wildman–Crippen LogP) is 3.05. The molecule has 7 heteroatoms. The summed E-state index contributed by atoms with van der Waals surface area (Å²) in [6, 6.07) is 5.52. The van der Waals surface area contributed by atoms with E-state index in [0.717, 1.165) is 19.5 Å². The minimum atomic E-state index is 0. The zero-order valence-electron chi connectivity index (χ0n) is 11.5. The van der Waals surface area contributed by atoms with Crippen LogP contribution in [0.3, 0.4) is 0 Å². The minimum absolute atomic E-state index is 0. The van der Waals surface area contributed by atoms with Gasteiger partial charge in [0.15, 0.2) is 0 Å². The van der Waals surface area contributed by atoms with E-state index >= 15 is 0 Å². The van der Waals surface area contributed by atoms with E-state index in [9.17, 15) is 4.79 Å². The van der Waals surface area contributed by atoms with Gasteiger partial charge in [-0.15, -0.1) is 12.4 Å². The summed E-state index contributed by atoms with van der Waals surface area (Å²) in [7, 11) is 0. The molecule has 2 rings (SSSR count). The van der Waals surface area contributed by atoms with Gasteiger partial charge in [-0.1, -0.05) is 29.3 Å². The van der Waals surface area contributed by atoms with Gasteiger partial charge in [0.25, 0.3) is 0 Å². The number of benzene rings is 1. The lowest BCUT2D eigenvalue weighted by molar-refractivity contribution is -0.121. The second kappa shape index (κ2) is 9.36. The molecule has 1 unspecified atom stereocenters. The van der Waals surface area contributed by atoms with Crippen molar-refractivity contribution in [2.45, 2.75) is 25.3 Å². The van der Waals surface area contributed by atoms with Crippen LogP contribution in [0.1, 0.15) is 19.3 Å². The summed E-state index contributed by atoms with van der Waals surface area (Å²) in [5, 5.41) is 7.09. The minimum Gasteiger partial charge on any atom is -0.492 e. The predicted molar refractivity (Wildman–Crippen MR) is 87.9 cm³/mol. The van der Waals surface area contributed by atoms with Gasteiger partial charge in [-0.05, 0) is 31.5 Å². The second-order valence-electron chi connectivity index (χ2n) is 4.76. The van der Waals surface area contributed by atoms with Gasteiger partial charge >= 0.3 is 0 Å². The molecule has 0 spiro atoms. The Balaban J connectivity index is 0.00000220. The monoisotopic (exact) mass is 352 g/mol. The fourth-order valence-corrected chi connectivity index (χ4v) is 2.43. The highest BCUT2D eigenvalue weighted by Gasteiger charge is 2.16. The van der Waals surface area contributed by atoms with Gasteiger partial charge in [0, 0.05) is 19.0 Å². The van der Waals surface area contributed by atoms with Crippen LogP contribution in [0.5, 0.6) is 5.75 Å². The largest absolute Gasteiger partial charge is 0.492 e. The zero-order chi connectivity index (χ0) is 14.4. The molecule has 4 nitrogen and oxygen atoms in total. The Morgan fingerprint density at radius 3 is 2.95 bits per heavy atom. The molecule has 1 heterocycles. The summed E-state index contributed by atoms with van der Waals surface area (Å²) in [5.74, 6) is 0.624. The zero-order valence-corrected chi connectivity index (χ0v) is 13.9. The molecule has 1 aliphatic heterocycles. The van der Waals surface area contributed by atoms with Gasteiger partial charge in [0.05, 0.1) is 11.6 Å². The number of carbonyl (C=O) groups excluding carboxylic acids is 1. The van der Waals surface area contributed by atoms with E-state index in [1.807, 2.05) is 0 Å². The Kier molecular flexibility index (Phi) is 8.19. The number of hydrogen-bond acceptors (Lipinski definition) is 3. The third kappa shape index (κ3) is 5.91. The van der Waals surface area contributed by atoms with Gasteiger partial charge in [0.2, 0.25) is 5.91 Å². The van der Waals surface area contributed by atoms with Crippen LogP contribution in [0, 0.1) is 0 Å². The Labute approximate surface area is 140 Å². The van der Waals surface area contributed by atoms with Crippen LogP contribution in [-0.2, 0) is 4.79 Å². The molecule has 1 aromatic carbocycles. The molecule has 0 bridgehead atoms. The molecule has 0 radical (unpaired) electrons. The molecule has 21 heavy (non-hydrogen) atoms. The van der Waals surface area contributed by atoms with Gasteiger partial charge in [-0.3, -0.25) is 4.79 Å². The lowest BCUT2D eigenvalue weighted by Crippen LogP contribution is -2.36. The number of hydrogen-bond donors (Lipinski definition) is 2. The van der Waals surface area contributed by atoms with Crippen LogP contribution in [0.4, 0.5) is 0 Å². The van der Waals surface area contributed by atoms with Crippen molar-refractivity contribution in [3.05, 3.63) is 28.2 Å². The number of nitrogens with one attached hydrogen (secondary N) is 2. The Morgan fingerprint density at radius 1 is 1.43 bits per heavy atom. The molecule has 1 aliphatic rings. The lowest BCUT2D eigenvalue weighted by Gasteiger charge is -2.12. The molecule has 1 atom stereocenters. The summed E-state index contributed by atoms with van der Waals surface area (Å²) in [4.78, 5) is 11.7. The number of amides is 1. The highest BCUT2D eigenvalue weighted by Crippen LogP contribution is 2.31. The van der Waals surface area contributed by atoms with Crippen LogP contribution < -0.4 is 15.4 Å².